The molecule has 1 aliphatic heterocycles. The van der Waals surface area contributed by atoms with Crippen molar-refractivity contribution in [2.24, 2.45) is 0 Å². The van der Waals surface area contributed by atoms with Gasteiger partial charge in [-0.1, -0.05) is 31.4 Å². The van der Waals surface area contributed by atoms with Gasteiger partial charge < -0.3 is 19.7 Å². The van der Waals surface area contributed by atoms with Gasteiger partial charge in [-0.25, -0.2) is 0 Å². The van der Waals surface area contributed by atoms with Crippen molar-refractivity contribution in [1.82, 2.24) is 10.2 Å². The van der Waals surface area contributed by atoms with Crippen LogP contribution in [0.15, 0.2) is 29.8 Å². The third kappa shape index (κ3) is 6.33. The fourth-order valence-electron chi connectivity index (χ4n) is 3.53. The molecule has 1 saturated heterocycles. The second kappa shape index (κ2) is 10.6. The van der Waals surface area contributed by atoms with Gasteiger partial charge in [-0.15, -0.1) is 0 Å². The van der Waals surface area contributed by atoms with E-state index in [9.17, 15) is 14.9 Å². The molecular formula is C22H27N3O4. The second-order valence-electron chi connectivity index (χ2n) is 7.33. The molecule has 0 bridgehead atoms. The maximum Gasteiger partial charge on any atom is 0.262 e. The molecule has 2 amide bonds. The number of ether oxygens (including phenoxy) is 2. The molecule has 1 N–H and O–H groups in total. The Morgan fingerprint density at radius 3 is 2.52 bits per heavy atom. The zero-order valence-corrected chi connectivity index (χ0v) is 16.6. The van der Waals surface area contributed by atoms with E-state index in [-0.39, 0.29) is 30.0 Å². The van der Waals surface area contributed by atoms with Gasteiger partial charge in [0.2, 0.25) is 0 Å². The van der Waals surface area contributed by atoms with Crippen LogP contribution < -0.4 is 10.1 Å². The average molecular weight is 397 g/mol. The van der Waals surface area contributed by atoms with E-state index in [1.54, 1.807) is 35.2 Å². The van der Waals surface area contributed by atoms with E-state index in [0.717, 1.165) is 31.2 Å². The Kier molecular flexibility index (Phi) is 7.65. The van der Waals surface area contributed by atoms with Crippen LogP contribution in [0.5, 0.6) is 5.75 Å². The Hall–Kier alpha value is -2.85. The van der Waals surface area contributed by atoms with Crippen LogP contribution in [0.2, 0.25) is 0 Å². The van der Waals surface area contributed by atoms with Gasteiger partial charge in [-0.2, -0.15) is 5.26 Å². The molecule has 2 aliphatic rings. The zero-order valence-electron chi connectivity index (χ0n) is 16.6. The summed E-state index contributed by atoms with van der Waals surface area (Å²) in [6.07, 6.45) is 6.96. The number of nitrogens with zero attached hydrogens (tertiary/aromatic N) is 2. The summed E-state index contributed by atoms with van der Waals surface area (Å²) in [5.74, 6) is 0.174. The number of benzene rings is 1. The van der Waals surface area contributed by atoms with Gasteiger partial charge in [0.25, 0.3) is 11.8 Å². The predicted octanol–water partition coefficient (Wildman–Crippen LogP) is 2.28. The number of nitriles is 1. The number of hydrogen-bond donors (Lipinski definition) is 1. The highest BCUT2D eigenvalue weighted by Gasteiger charge is 2.19. The normalized spacial score (nSPS) is 18.0. The number of amides is 2. The van der Waals surface area contributed by atoms with Gasteiger partial charge in [-0.3, -0.25) is 9.59 Å². The zero-order chi connectivity index (χ0) is 20.5. The molecule has 1 saturated carbocycles. The second-order valence-corrected chi connectivity index (χ2v) is 7.33. The molecule has 7 heteroatoms. The number of hydrogen-bond acceptors (Lipinski definition) is 5. The maximum absolute atomic E-state index is 12.4. The van der Waals surface area contributed by atoms with Crippen LogP contribution >= 0.6 is 0 Å². The summed E-state index contributed by atoms with van der Waals surface area (Å²) in [4.78, 5) is 26.2. The van der Waals surface area contributed by atoms with Crippen molar-refractivity contribution in [3.05, 3.63) is 35.4 Å². The van der Waals surface area contributed by atoms with Crippen molar-refractivity contribution in [3.8, 4) is 11.8 Å². The quantitative estimate of drug-likeness (QED) is 0.587. The number of rotatable bonds is 6. The van der Waals surface area contributed by atoms with Crippen molar-refractivity contribution in [2.75, 3.05) is 32.9 Å². The van der Waals surface area contributed by atoms with Gasteiger partial charge in [-0.05, 0) is 36.6 Å². The number of carbonyl (C=O) groups excluding carboxylic acids is 2. The summed E-state index contributed by atoms with van der Waals surface area (Å²) in [5, 5.41) is 12.3. The molecule has 0 spiro atoms. The summed E-state index contributed by atoms with van der Waals surface area (Å²) in [6.45, 7) is 2.27. The van der Waals surface area contributed by atoms with E-state index in [1.807, 2.05) is 6.07 Å². The fourth-order valence-corrected chi connectivity index (χ4v) is 3.53. The molecule has 1 aliphatic carbocycles. The van der Waals surface area contributed by atoms with Gasteiger partial charge in [0, 0.05) is 19.1 Å². The largest absolute Gasteiger partial charge is 0.484 e. The Morgan fingerprint density at radius 1 is 1.17 bits per heavy atom. The Morgan fingerprint density at radius 2 is 1.86 bits per heavy atom. The molecule has 1 aromatic carbocycles. The van der Waals surface area contributed by atoms with E-state index in [4.69, 9.17) is 9.47 Å². The van der Waals surface area contributed by atoms with Crippen molar-refractivity contribution >= 4 is 17.9 Å². The molecule has 0 atom stereocenters. The van der Waals surface area contributed by atoms with Crippen LogP contribution in [0.3, 0.4) is 0 Å². The predicted molar refractivity (Wildman–Crippen MR) is 108 cm³/mol. The lowest BCUT2D eigenvalue weighted by atomic mass is 9.95. The SMILES string of the molecule is N#CC(=Cc1ccc(OCC(=O)N2CCOCC2)cc1)C(=O)NC1CCCCC1. The summed E-state index contributed by atoms with van der Waals surface area (Å²) in [6, 6.07) is 9.13. The lowest BCUT2D eigenvalue weighted by Crippen LogP contribution is -2.42. The summed E-state index contributed by atoms with van der Waals surface area (Å²) >= 11 is 0. The molecule has 0 aromatic heterocycles. The highest BCUT2D eigenvalue weighted by Crippen LogP contribution is 2.19. The molecule has 7 nitrogen and oxygen atoms in total. The first-order chi connectivity index (χ1) is 14.2. The van der Waals surface area contributed by atoms with Crippen LogP contribution in [-0.4, -0.2) is 55.7 Å². The Balaban J connectivity index is 1.53. The van der Waals surface area contributed by atoms with E-state index in [2.05, 4.69) is 5.32 Å². The van der Waals surface area contributed by atoms with Crippen molar-refractivity contribution in [1.29, 1.82) is 5.26 Å². The molecule has 29 heavy (non-hydrogen) atoms. The monoisotopic (exact) mass is 397 g/mol. The minimum Gasteiger partial charge on any atom is -0.484 e. The minimum absolute atomic E-state index is 0.0254. The van der Waals surface area contributed by atoms with E-state index in [0.29, 0.717) is 32.1 Å². The molecule has 0 radical (unpaired) electrons. The first-order valence-corrected chi connectivity index (χ1v) is 10.2. The summed E-state index contributed by atoms with van der Waals surface area (Å²) in [5.41, 5.74) is 0.818. The lowest BCUT2D eigenvalue weighted by Gasteiger charge is -2.26. The Bertz CT molecular complexity index is 770. The standard InChI is InChI=1S/C22H27N3O4/c23-15-18(22(27)24-19-4-2-1-3-5-19)14-17-6-8-20(9-7-17)29-16-21(26)25-10-12-28-13-11-25/h6-9,14,19H,1-5,10-13,16H2,(H,24,27). The van der Waals surface area contributed by atoms with Crippen LogP contribution in [0.25, 0.3) is 6.08 Å². The first kappa shape index (κ1) is 20.9. The van der Waals surface area contributed by atoms with Crippen LogP contribution in [-0.2, 0) is 14.3 Å². The molecule has 0 unspecified atom stereocenters. The van der Waals surface area contributed by atoms with Gasteiger partial charge >= 0.3 is 0 Å². The fraction of sp³-hybridized carbons (Fsp3) is 0.500. The number of carbonyl (C=O) groups is 2. The molecule has 1 heterocycles. The summed E-state index contributed by atoms with van der Waals surface area (Å²) < 4.78 is 10.8. The van der Waals surface area contributed by atoms with Crippen molar-refractivity contribution in [3.63, 3.8) is 0 Å². The van der Waals surface area contributed by atoms with Gasteiger partial charge in [0.15, 0.2) is 6.61 Å². The molecule has 2 fully saturated rings. The summed E-state index contributed by atoms with van der Waals surface area (Å²) in [7, 11) is 0. The number of morpholine rings is 1. The molecular weight excluding hydrogens is 370 g/mol. The lowest BCUT2D eigenvalue weighted by molar-refractivity contribution is -0.137. The smallest absolute Gasteiger partial charge is 0.262 e. The van der Waals surface area contributed by atoms with E-state index in [1.165, 1.54) is 6.42 Å². The van der Waals surface area contributed by atoms with Gasteiger partial charge in [0.05, 0.1) is 13.2 Å². The van der Waals surface area contributed by atoms with Crippen LogP contribution in [0.4, 0.5) is 0 Å². The highest BCUT2D eigenvalue weighted by molar-refractivity contribution is 6.01. The molecule has 1 aromatic rings. The minimum atomic E-state index is -0.323. The first-order valence-electron chi connectivity index (χ1n) is 10.2. The third-order valence-electron chi connectivity index (χ3n) is 5.22. The van der Waals surface area contributed by atoms with Crippen molar-refractivity contribution < 1.29 is 19.1 Å². The highest BCUT2D eigenvalue weighted by atomic mass is 16.5. The molecule has 154 valence electrons. The maximum atomic E-state index is 12.4. The third-order valence-corrected chi connectivity index (χ3v) is 5.22. The molecule has 3 rings (SSSR count). The van der Waals surface area contributed by atoms with Crippen molar-refractivity contribution in [2.45, 2.75) is 38.1 Å². The number of nitrogens with one attached hydrogen (secondary N) is 1. The topological polar surface area (TPSA) is 91.7 Å². The Labute approximate surface area is 171 Å². The average Bonchev–Trinajstić information content (AvgIpc) is 2.77. The van der Waals surface area contributed by atoms with Gasteiger partial charge in [0.1, 0.15) is 17.4 Å². The van der Waals surface area contributed by atoms with E-state index >= 15 is 0 Å². The van der Waals surface area contributed by atoms with E-state index < -0.39 is 0 Å². The van der Waals surface area contributed by atoms with Crippen LogP contribution in [0, 0.1) is 11.3 Å². The van der Waals surface area contributed by atoms with Crippen LogP contribution in [0.1, 0.15) is 37.7 Å².